The van der Waals surface area contributed by atoms with Crippen molar-refractivity contribution in [2.45, 2.75) is 6.04 Å². The molecule has 2 amide bonds. The lowest BCUT2D eigenvalue weighted by atomic mass is 10.1. The van der Waals surface area contributed by atoms with E-state index in [2.05, 4.69) is 5.32 Å². The van der Waals surface area contributed by atoms with Gasteiger partial charge in [0.05, 0.1) is 17.2 Å². The number of carbonyl (C=O) groups is 2. The number of nitrogens with zero attached hydrogens (tertiary/aromatic N) is 1. The minimum atomic E-state index is -0.260. The third-order valence-corrected chi connectivity index (χ3v) is 3.10. The number of imide groups is 1. The van der Waals surface area contributed by atoms with E-state index < -0.39 is 0 Å². The lowest BCUT2D eigenvalue weighted by Crippen LogP contribution is -2.58. The lowest BCUT2D eigenvalue weighted by molar-refractivity contribution is 0.0534. The second-order valence-electron chi connectivity index (χ2n) is 4.06. The Balaban J connectivity index is 0.00000108. The van der Waals surface area contributed by atoms with E-state index in [1.54, 1.807) is 18.2 Å². The molecule has 0 radical (unpaired) electrons. The fourth-order valence-corrected chi connectivity index (χ4v) is 2.12. The van der Waals surface area contributed by atoms with Crippen LogP contribution in [-0.4, -0.2) is 35.8 Å². The van der Waals surface area contributed by atoms with E-state index in [9.17, 15) is 9.59 Å². The van der Waals surface area contributed by atoms with Crippen molar-refractivity contribution in [3.05, 3.63) is 29.3 Å². The average Bonchev–Trinajstić information content (AvgIpc) is 2.42. The van der Waals surface area contributed by atoms with Crippen molar-refractivity contribution in [2.75, 3.05) is 18.8 Å². The fourth-order valence-electron chi connectivity index (χ4n) is 2.12. The maximum atomic E-state index is 12.1. The van der Waals surface area contributed by atoms with Crippen LogP contribution in [-0.2, 0) is 0 Å². The number of halogens is 1. The van der Waals surface area contributed by atoms with Crippen molar-refractivity contribution in [2.24, 2.45) is 0 Å². The molecule has 0 unspecified atom stereocenters. The first-order chi connectivity index (χ1) is 7.70. The number of nitrogens with two attached hydrogens (primary N) is 1. The highest BCUT2D eigenvalue weighted by Crippen LogP contribution is 2.29. The molecule has 0 spiro atoms. The summed E-state index contributed by atoms with van der Waals surface area (Å²) in [6.07, 6.45) is 0. The smallest absolute Gasteiger partial charge is 0.263 e. The summed E-state index contributed by atoms with van der Waals surface area (Å²) in [6.45, 7) is 1.34. The van der Waals surface area contributed by atoms with Gasteiger partial charge in [-0.3, -0.25) is 14.5 Å². The topological polar surface area (TPSA) is 75.4 Å². The SMILES string of the molecule is Cl.Nc1cccc2c1C(=O)N(C1CNC1)C2=O. The van der Waals surface area contributed by atoms with Gasteiger partial charge < -0.3 is 11.1 Å². The molecule has 6 heteroatoms. The molecule has 2 aliphatic heterocycles. The molecule has 5 nitrogen and oxygen atoms in total. The van der Waals surface area contributed by atoms with E-state index in [1.807, 2.05) is 0 Å². The Morgan fingerprint density at radius 1 is 1.24 bits per heavy atom. The van der Waals surface area contributed by atoms with Crippen LogP contribution in [0.1, 0.15) is 20.7 Å². The third-order valence-electron chi connectivity index (χ3n) is 3.10. The molecular weight excluding hydrogens is 242 g/mol. The van der Waals surface area contributed by atoms with Gasteiger partial charge in [0.15, 0.2) is 0 Å². The first-order valence-electron chi connectivity index (χ1n) is 5.17. The van der Waals surface area contributed by atoms with Gasteiger partial charge in [-0.1, -0.05) is 6.07 Å². The highest BCUT2D eigenvalue weighted by Gasteiger charge is 2.42. The number of benzene rings is 1. The Hall–Kier alpha value is -1.59. The molecule has 0 saturated carbocycles. The largest absolute Gasteiger partial charge is 0.398 e. The van der Waals surface area contributed by atoms with Gasteiger partial charge in [0.2, 0.25) is 0 Å². The average molecular weight is 254 g/mol. The molecule has 1 aromatic carbocycles. The van der Waals surface area contributed by atoms with Crippen LogP contribution in [0.2, 0.25) is 0 Å². The van der Waals surface area contributed by atoms with Gasteiger partial charge in [0.1, 0.15) is 0 Å². The van der Waals surface area contributed by atoms with Crippen molar-refractivity contribution < 1.29 is 9.59 Å². The summed E-state index contributed by atoms with van der Waals surface area (Å²) in [5.41, 5.74) is 6.90. The molecule has 0 aromatic heterocycles. The fraction of sp³-hybridized carbons (Fsp3) is 0.273. The summed E-state index contributed by atoms with van der Waals surface area (Å²) < 4.78 is 0. The van der Waals surface area contributed by atoms with E-state index in [0.717, 1.165) is 0 Å². The third kappa shape index (κ3) is 1.50. The molecule has 90 valence electrons. The summed E-state index contributed by atoms with van der Waals surface area (Å²) in [6, 6.07) is 4.97. The van der Waals surface area contributed by atoms with Crippen molar-refractivity contribution in [3.8, 4) is 0 Å². The molecule has 0 atom stereocenters. The number of fused-ring (bicyclic) bond motifs is 1. The number of rotatable bonds is 1. The van der Waals surface area contributed by atoms with Gasteiger partial charge in [0, 0.05) is 18.8 Å². The van der Waals surface area contributed by atoms with Crippen LogP contribution >= 0.6 is 12.4 Å². The van der Waals surface area contributed by atoms with Crippen LogP contribution < -0.4 is 11.1 Å². The lowest BCUT2D eigenvalue weighted by Gasteiger charge is -2.33. The standard InChI is InChI=1S/C11H11N3O2.ClH/c12-8-3-1-2-7-9(8)11(16)14(10(7)15)6-4-13-5-6;/h1-3,6,13H,4-5,12H2;1H. The second-order valence-corrected chi connectivity index (χ2v) is 4.06. The second kappa shape index (κ2) is 4.01. The molecule has 3 rings (SSSR count). The summed E-state index contributed by atoms with van der Waals surface area (Å²) in [7, 11) is 0. The zero-order chi connectivity index (χ0) is 11.3. The molecule has 1 aromatic rings. The highest BCUT2D eigenvalue weighted by atomic mass is 35.5. The molecule has 1 fully saturated rings. The monoisotopic (exact) mass is 253 g/mol. The van der Waals surface area contributed by atoms with E-state index in [4.69, 9.17) is 5.73 Å². The molecule has 0 aliphatic carbocycles. The first-order valence-corrected chi connectivity index (χ1v) is 5.17. The van der Waals surface area contributed by atoms with E-state index in [-0.39, 0.29) is 30.3 Å². The molecule has 1 saturated heterocycles. The number of nitrogens with one attached hydrogen (secondary N) is 1. The number of carbonyl (C=O) groups excluding carboxylic acids is 2. The number of hydrogen-bond acceptors (Lipinski definition) is 4. The number of hydrogen-bond donors (Lipinski definition) is 2. The minimum Gasteiger partial charge on any atom is -0.398 e. The normalized spacial score (nSPS) is 18.7. The molecule has 2 aliphatic rings. The van der Waals surface area contributed by atoms with Crippen LogP contribution in [0.4, 0.5) is 5.69 Å². The molecule has 17 heavy (non-hydrogen) atoms. The molecule has 2 heterocycles. The summed E-state index contributed by atoms with van der Waals surface area (Å²) in [5.74, 6) is -0.483. The summed E-state index contributed by atoms with van der Waals surface area (Å²) in [4.78, 5) is 25.4. The van der Waals surface area contributed by atoms with Crippen molar-refractivity contribution >= 4 is 29.9 Å². The van der Waals surface area contributed by atoms with Crippen LogP contribution in [0.15, 0.2) is 18.2 Å². The Morgan fingerprint density at radius 2 is 1.94 bits per heavy atom. The quantitative estimate of drug-likeness (QED) is 0.556. The Labute approximate surface area is 104 Å². The van der Waals surface area contributed by atoms with Gasteiger partial charge in [-0.15, -0.1) is 12.4 Å². The van der Waals surface area contributed by atoms with Gasteiger partial charge >= 0.3 is 0 Å². The van der Waals surface area contributed by atoms with Crippen LogP contribution in [0.3, 0.4) is 0 Å². The zero-order valence-corrected chi connectivity index (χ0v) is 9.79. The highest BCUT2D eigenvalue weighted by molar-refractivity contribution is 6.23. The van der Waals surface area contributed by atoms with Gasteiger partial charge in [-0.2, -0.15) is 0 Å². The first kappa shape index (κ1) is 11.9. The molecule has 3 N–H and O–H groups in total. The Kier molecular flexibility index (Phi) is 2.81. The van der Waals surface area contributed by atoms with E-state index in [0.29, 0.717) is 29.9 Å². The molecular formula is C11H12ClN3O2. The molecule has 0 bridgehead atoms. The van der Waals surface area contributed by atoms with Crippen molar-refractivity contribution in [1.82, 2.24) is 10.2 Å². The van der Waals surface area contributed by atoms with Crippen molar-refractivity contribution in [1.29, 1.82) is 0 Å². The van der Waals surface area contributed by atoms with E-state index in [1.165, 1.54) is 4.90 Å². The maximum Gasteiger partial charge on any atom is 0.263 e. The van der Waals surface area contributed by atoms with E-state index >= 15 is 0 Å². The Bertz CT molecular complexity index is 499. The Morgan fingerprint density at radius 3 is 2.47 bits per heavy atom. The maximum absolute atomic E-state index is 12.1. The summed E-state index contributed by atoms with van der Waals surface area (Å²) >= 11 is 0. The van der Waals surface area contributed by atoms with Crippen LogP contribution in [0.25, 0.3) is 0 Å². The minimum absolute atomic E-state index is 0. The number of anilines is 1. The van der Waals surface area contributed by atoms with Gasteiger partial charge in [-0.05, 0) is 12.1 Å². The zero-order valence-electron chi connectivity index (χ0n) is 8.97. The number of amides is 2. The predicted molar refractivity (Wildman–Crippen MR) is 65.3 cm³/mol. The number of nitrogen functional groups attached to an aromatic ring is 1. The predicted octanol–water partition coefficient (Wildman–Crippen LogP) is 0.258. The van der Waals surface area contributed by atoms with Crippen LogP contribution in [0, 0.1) is 0 Å². The van der Waals surface area contributed by atoms with Gasteiger partial charge in [0.25, 0.3) is 11.8 Å². The summed E-state index contributed by atoms with van der Waals surface area (Å²) in [5, 5.41) is 3.04. The van der Waals surface area contributed by atoms with Crippen molar-refractivity contribution in [3.63, 3.8) is 0 Å². The van der Waals surface area contributed by atoms with Gasteiger partial charge in [-0.25, -0.2) is 0 Å². The van der Waals surface area contributed by atoms with Crippen LogP contribution in [0.5, 0.6) is 0 Å².